The summed E-state index contributed by atoms with van der Waals surface area (Å²) in [7, 11) is 15.5. The Labute approximate surface area is 137 Å². The molecule has 2 aromatic rings. The lowest BCUT2D eigenvalue weighted by Gasteiger charge is -2.29. The van der Waals surface area contributed by atoms with Gasteiger partial charge in [-0.1, -0.05) is 6.07 Å². The van der Waals surface area contributed by atoms with E-state index in [1.807, 2.05) is 0 Å². The summed E-state index contributed by atoms with van der Waals surface area (Å²) in [6.45, 7) is 2.13. The number of likely N-dealkylation sites (N-methyl/N-ethyl adjacent to an activating group) is 1. The van der Waals surface area contributed by atoms with Gasteiger partial charge in [-0.2, -0.15) is 0 Å². The number of hydrogen-bond acceptors (Lipinski definition) is 2. The van der Waals surface area contributed by atoms with Gasteiger partial charge < -0.3 is 14.6 Å². The number of benzene rings is 1. The SMILES string of the molecule is Bc1cc2c3c([nH]c2cc1OC)C(B)(B)CN(C)CC3(B)B. The summed E-state index contributed by atoms with van der Waals surface area (Å²) >= 11 is 0. The number of aromatic amines is 1. The van der Waals surface area contributed by atoms with Gasteiger partial charge in [0.2, 0.25) is 0 Å². The van der Waals surface area contributed by atoms with E-state index >= 15 is 0 Å². The number of rotatable bonds is 1. The minimum atomic E-state index is 0.109. The van der Waals surface area contributed by atoms with Crippen LogP contribution < -0.4 is 10.2 Å². The van der Waals surface area contributed by atoms with Gasteiger partial charge in [-0.15, -0.1) is 0 Å². The van der Waals surface area contributed by atoms with Gasteiger partial charge in [-0.05, 0) is 41.6 Å². The van der Waals surface area contributed by atoms with Gasteiger partial charge in [0.25, 0.3) is 0 Å². The van der Waals surface area contributed by atoms with Crippen LogP contribution in [0.1, 0.15) is 11.3 Å². The minimum Gasteiger partial charge on any atom is -0.497 e. The van der Waals surface area contributed by atoms with E-state index in [-0.39, 0.29) is 10.4 Å². The predicted octanol–water partition coefficient (Wildman–Crippen LogP) is -3.78. The zero-order chi connectivity index (χ0) is 16.3. The molecule has 0 spiro atoms. The van der Waals surface area contributed by atoms with Crippen molar-refractivity contribution in [3.05, 3.63) is 23.4 Å². The first-order valence-corrected chi connectivity index (χ1v) is 8.05. The van der Waals surface area contributed by atoms with Crippen molar-refractivity contribution in [3.63, 3.8) is 0 Å². The highest BCUT2D eigenvalue weighted by Crippen LogP contribution is 2.38. The van der Waals surface area contributed by atoms with E-state index in [1.165, 1.54) is 27.6 Å². The number of H-pyrrole nitrogens is 1. The molecule has 0 fully saturated rings. The summed E-state index contributed by atoms with van der Waals surface area (Å²) < 4.78 is 5.50. The highest BCUT2D eigenvalue weighted by Gasteiger charge is 2.39. The topological polar surface area (TPSA) is 28.3 Å². The maximum Gasteiger partial charge on any atom is 0.144 e. The minimum absolute atomic E-state index is 0.109. The fourth-order valence-electron chi connectivity index (χ4n) is 4.32. The normalized spacial score (nSPS) is 20.5. The van der Waals surface area contributed by atoms with Crippen LogP contribution in [0.15, 0.2) is 12.1 Å². The molecule has 8 heteroatoms. The highest BCUT2D eigenvalue weighted by atomic mass is 16.5. The van der Waals surface area contributed by atoms with Crippen molar-refractivity contribution < 1.29 is 4.74 Å². The quantitative estimate of drug-likeness (QED) is 0.546. The molecule has 0 amide bonds. The molecule has 0 bridgehead atoms. The second-order valence-electron chi connectivity index (χ2n) is 8.18. The Balaban J connectivity index is 2.36. The molecule has 0 saturated carbocycles. The first-order valence-electron chi connectivity index (χ1n) is 8.05. The molecular formula is C14H23B5N2O. The van der Waals surface area contributed by atoms with E-state index < -0.39 is 0 Å². The van der Waals surface area contributed by atoms with Crippen LogP contribution in [0.2, 0.25) is 0 Å². The molecule has 0 atom stereocenters. The Morgan fingerprint density at radius 3 is 2.41 bits per heavy atom. The van der Waals surface area contributed by atoms with Crippen LogP contribution in [0.5, 0.6) is 5.75 Å². The van der Waals surface area contributed by atoms with Gasteiger partial charge >= 0.3 is 0 Å². The van der Waals surface area contributed by atoms with Crippen molar-refractivity contribution in [2.45, 2.75) is 10.4 Å². The molecule has 1 aromatic carbocycles. The summed E-state index contributed by atoms with van der Waals surface area (Å²) in [5.74, 6) is 0.955. The van der Waals surface area contributed by atoms with Gasteiger partial charge in [-0.3, -0.25) is 0 Å². The highest BCUT2D eigenvalue weighted by molar-refractivity contribution is 6.44. The van der Waals surface area contributed by atoms with Crippen LogP contribution >= 0.6 is 0 Å². The lowest BCUT2D eigenvalue weighted by Crippen LogP contribution is -2.42. The average molecular weight is 289 g/mol. The smallest absolute Gasteiger partial charge is 0.144 e. The van der Waals surface area contributed by atoms with Crippen molar-refractivity contribution in [3.8, 4) is 5.75 Å². The number of hydrogen-bond donors (Lipinski definition) is 1. The molecule has 0 unspecified atom stereocenters. The molecule has 1 N–H and O–H groups in total. The van der Waals surface area contributed by atoms with E-state index in [0.717, 1.165) is 18.8 Å². The molecule has 3 rings (SSSR count). The van der Waals surface area contributed by atoms with E-state index in [9.17, 15) is 0 Å². The van der Waals surface area contributed by atoms with E-state index in [1.54, 1.807) is 7.11 Å². The zero-order valence-electron chi connectivity index (χ0n) is 14.9. The predicted molar refractivity (Wildman–Crippen MR) is 108 cm³/mol. The second kappa shape index (κ2) is 4.92. The van der Waals surface area contributed by atoms with Crippen molar-refractivity contribution >= 4 is 55.6 Å². The second-order valence-corrected chi connectivity index (χ2v) is 8.18. The van der Waals surface area contributed by atoms with Crippen molar-refractivity contribution in [1.82, 2.24) is 9.88 Å². The molecule has 1 aliphatic heterocycles. The number of ether oxygens (including phenoxy) is 1. The lowest BCUT2D eigenvalue weighted by atomic mass is 9.47. The first kappa shape index (κ1) is 15.7. The molecule has 1 aromatic heterocycles. The largest absolute Gasteiger partial charge is 0.497 e. The van der Waals surface area contributed by atoms with Crippen molar-refractivity contribution in [2.24, 2.45) is 0 Å². The summed E-state index contributed by atoms with van der Waals surface area (Å²) in [5.41, 5.74) is 5.24. The van der Waals surface area contributed by atoms with Gasteiger partial charge in [0.05, 0.1) is 7.11 Å². The third-order valence-corrected chi connectivity index (χ3v) is 5.00. The molecule has 0 saturated heterocycles. The Hall–Kier alpha value is -1.16. The first-order chi connectivity index (χ1) is 10.2. The van der Waals surface area contributed by atoms with Crippen molar-refractivity contribution in [1.29, 1.82) is 0 Å². The Morgan fingerprint density at radius 2 is 1.77 bits per heavy atom. The molecule has 1 aliphatic rings. The fraction of sp³-hybridized carbons (Fsp3) is 0.429. The number of aromatic nitrogens is 1. The Morgan fingerprint density at radius 1 is 1.14 bits per heavy atom. The Bertz CT molecular complexity index is 740. The van der Waals surface area contributed by atoms with Crippen LogP contribution in [0, 0.1) is 0 Å². The van der Waals surface area contributed by atoms with Crippen LogP contribution in [-0.4, -0.2) is 76.4 Å². The van der Waals surface area contributed by atoms with Crippen LogP contribution in [0.25, 0.3) is 10.9 Å². The summed E-state index contributed by atoms with van der Waals surface area (Å²) in [6, 6.07) is 4.43. The third-order valence-electron chi connectivity index (χ3n) is 5.00. The molecule has 3 nitrogen and oxygen atoms in total. The van der Waals surface area contributed by atoms with Crippen LogP contribution in [-0.2, 0) is 10.4 Å². The standard InChI is InChI=1S/C14H23B5N2O/c1-21-5-13(16,17)11-7-3-8(15)10(22-2)4-9(7)20-12(11)14(18,19)6-21/h3-4,20H,5-6,15-19H2,1-2H3. The molecular weight excluding hydrogens is 266 g/mol. The van der Waals surface area contributed by atoms with Gasteiger partial charge in [-0.25, -0.2) is 0 Å². The van der Waals surface area contributed by atoms with Gasteiger partial charge in [0, 0.05) is 22.7 Å². The van der Waals surface area contributed by atoms with E-state index in [2.05, 4.69) is 68.3 Å². The lowest BCUT2D eigenvalue weighted by molar-refractivity contribution is 0.324. The van der Waals surface area contributed by atoms with E-state index in [4.69, 9.17) is 4.74 Å². The number of nitrogens with zero attached hydrogens (tertiary/aromatic N) is 1. The number of nitrogens with one attached hydrogen (secondary N) is 1. The van der Waals surface area contributed by atoms with Gasteiger partial charge in [0.1, 0.15) is 45.0 Å². The van der Waals surface area contributed by atoms with Crippen molar-refractivity contribution in [2.75, 3.05) is 27.2 Å². The maximum atomic E-state index is 5.50. The molecule has 22 heavy (non-hydrogen) atoms. The van der Waals surface area contributed by atoms with Gasteiger partial charge in [0.15, 0.2) is 0 Å². The number of fused-ring (bicyclic) bond motifs is 3. The maximum absolute atomic E-state index is 5.50. The third kappa shape index (κ3) is 2.32. The molecule has 110 valence electrons. The Kier molecular flexibility index (Phi) is 3.52. The monoisotopic (exact) mass is 290 g/mol. The molecule has 0 radical (unpaired) electrons. The van der Waals surface area contributed by atoms with Crippen LogP contribution in [0.3, 0.4) is 0 Å². The molecule has 0 aliphatic carbocycles. The number of methoxy groups -OCH3 is 1. The molecule has 2 heterocycles. The summed E-state index contributed by atoms with van der Waals surface area (Å²) in [4.78, 5) is 6.17. The fourth-order valence-corrected chi connectivity index (χ4v) is 4.32. The average Bonchev–Trinajstić information content (AvgIpc) is 2.72. The summed E-state index contributed by atoms with van der Waals surface area (Å²) in [5, 5.41) is 1.58. The van der Waals surface area contributed by atoms with E-state index in [0.29, 0.717) is 0 Å². The van der Waals surface area contributed by atoms with Crippen LogP contribution in [0.4, 0.5) is 0 Å². The summed E-state index contributed by atoms with van der Waals surface area (Å²) in [6.07, 6.45) is 0. The zero-order valence-corrected chi connectivity index (χ0v) is 14.9.